The predicted molar refractivity (Wildman–Crippen MR) is 59.4 cm³/mol. The normalized spacial score (nSPS) is 13.5. The Balaban J connectivity index is 1.98. The predicted octanol–water partition coefficient (Wildman–Crippen LogP) is 1.91. The van der Waals surface area contributed by atoms with Crippen molar-refractivity contribution in [2.45, 2.75) is 13.3 Å². The lowest BCUT2D eigenvalue weighted by atomic mass is 10.1. The first-order valence-corrected chi connectivity index (χ1v) is 5.36. The summed E-state index contributed by atoms with van der Waals surface area (Å²) < 4.78 is 10.6. The summed E-state index contributed by atoms with van der Waals surface area (Å²) >= 11 is 0. The maximum absolute atomic E-state index is 5.34. The molecule has 82 valence electrons. The molecule has 0 bridgehead atoms. The van der Waals surface area contributed by atoms with Gasteiger partial charge in [0.15, 0.2) is 11.5 Å². The molecule has 1 aliphatic heterocycles. The Morgan fingerprint density at radius 2 is 2.07 bits per heavy atom. The van der Waals surface area contributed by atoms with E-state index in [1.54, 1.807) is 0 Å². The number of benzene rings is 1. The van der Waals surface area contributed by atoms with Crippen molar-refractivity contribution in [1.82, 2.24) is 4.90 Å². The zero-order valence-electron chi connectivity index (χ0n) is 9.32. The van der Waals surface area contributed by atoms with Gasteiger partial charge >= 0.3 is 0 Å². The topological polar surface area (TPSA) is 21.7 Å². The van der Waals surface area contributed by atoms with Crippen molar-refractivity contribution in [2.75, 3.05) is 26.9 Å². The van der Waals surface area contributed by atoms with E-state index in [0.717, 1.165) is 31.0 Å². The summed E-state index contributed by atoms with van der Waals surface area (Å²) in [6, 6.07) is 6.17. The van der Waals surface area contributed by atoms with E-state index in [4.69, 9.17) is 9.47 Å². The van der Waals surface area contributed by atoms with Crippen LogP contribution in [0.2, 0.25) is 0 Å². The van der Waals surface area contributed by atoms with Gasteiger partial charge in [-0.25, -0.2) is 0 Å². The molecule has 0 aromatic heterocycles. The van der Waals surface area contributed by atoms with Gasteiger partial charge in [0.25, 0.3) is 0 Å². The van der Waals surface area contributed by atoms with E-state index in [2.05, 4.69) is 31.0 Å². The van der Waals surface area contributed by atoms with Gasteiger partial charge in [0.1, 0.15) is 0 Å². The average Bonchev–Trinajstić information content (AvgIpc) is 2.72. The minimum atomic E-state index is 0.355. The summed E-state index contributed by atoms with van der Waals surface area (Å²) in [5.74, 6) is 1.74. The number of rotatable bonds is 4. The highest BCUT2D eigenvalue weighted by molar-refractivity contribution is 5.44. The highest BCUT2D eigenvalue weighted by Crippen LogP contribution is 2.32. The number of fused-ring (bicyclic) bond motifs is 1. The summed E-state index contributed by atoms with van der Waals surface area (Å²) in [5.41, 5.74) is 1.31. The van der Waals surface area contributed by atoms with Crippen LogP contribution in [0.25, 0.3) is 0 Å². The second-order valence-electron chi connectivity index (χ2n) is 3.83. The molecular weight excluding hydrogens is 190 g/mol. The van der Waals surface area contributed by atoms with Crippen LogP contribution in [-0.4, -0.2) is 31.8 Å². The molecule has 0 saturated heterocycles. The van der Waals surface area contributed by atoms with E-state index in [9.17, 15) is 0 Å². The fraction of sp³-hybridized carbons (Fsp3) is 0.500. The Morgan fingerprint density at radius 3 is 2.87 bits per heavy atom. The Morgan fingerprint density at radius 1 is 1.27 bits per heavy atom. The van der Waals surface area contributed by atoms with Gasteiger partial charge in [-0.05, 0) is 37.7 Å². The molecule has 0 N–H and O–H groups in total. The highest BCUT2D eigenvalue weighted by atomic mass is 16.7. The lowest BCUT2D eigenvalue weighted by Gasteiger charge is -2.13. The fourth-order valence-electron chi connectivity index (χ4n) is 1.57. The van der Waals surface area contributed by atoms with Crippen molar-refractivity contribution in [3.05, 3.63) is 23.8 Å². The zero-order valence-corrected chi connectivity index (χ0v) is 9.32. The van der Waals surface area contributed by atoms with Crippen LogP contribution in [0.1, 0.15) is 12.5 Å². The van der Waals surface area contributed by atoms with Gasteiger partial charge in [-0.2, -0.15) is 0 Å². The van der Waals surface area contributed by atoms with E-state index in [0.29, 0.717) is 6.79 Å². The molecule has 0 spiro atoms. The molecule has 15 heavy (non-hydrogen) atoms. The number of nitrogens with zero attached hydrogens (tertiary/aromatic N) is 1. The number of likely N-dealkylation sites (N-methyl/N-ethyl adjacent to an activating group) is 1. The summed E-state index contributed by atoms with van der Waals surface area (Å²) in [5, 5.41) is 0. The quantitative estimate of drug-likeness (QED) is 0.752. The molecular formula is C12H17NO2. The summed E-state index contributed by atoms with van der Waals surface area (Å²) in [4.78, 5) is 2.30. The number of ether oxygens (including phenoxy) is 2. The minimum Gasteiger partial charge on any atom is -0.454 e. The van der Waals surface area contributed by atoms with Gasteiger partial charge in [0.2, 0.25) is 6.79 Å². The molecule has 0 atom stereocenters. The van der Waals surface area contributed by atoms with Crippen LogP contribution >= 0.6 is 0 Å². The highest BCUT2D eigenvalue weighted by Gasteiger charge is 2.12. The Hall–Kier alpha value is -1.22. The Bertz CT molecular complexity index is 338. The molecule has 0 unspecified atom stereocenters. The molecule has 0 amide bonds. The molecule has 3 heteroatoms. The van der Waals surface area contributed by atoms with Crippen molar-refractivity contribution in [1.29, 1.82) is 0 Å². The zero-order chi connectivity index (χ0) is 10.7. The second kappa shape index (κ2) is 4.53. The van der Waals surface area contributed by atoms with Crippen LogP contribution in [-0.2, 0) is 6.42 Å². The molecule has 0 fully saturated rings. The molecule has 1 aliphatic rings. The first-order valence-electron chi connectivity index (χ1n) is 5.36. The van der Waals surface area contributed by atoms with E-state index < -0.39 is 0 Å². The fourth-order valence-corrected chi connectivity index (χ4v) is 1.57. The lowest BCUT2D eigenvalue weighted by molar-refractivity contribution is 0.174. The van der Waals surface area contributed by atoms with E-state index in [-0.39, 0.29) is 0 Å². The molecule has 3 nitrogen and oxygen atoms in total. The number of hydrogen-bond acceptors (Lipinski definition) is 3. The van der Waals surface area contributed by atoms with E-state index in [1.807, 2.05) is 6.07 Å². The standard InChI is InChI=1S/C12H17NO2/c1-3-13(2)7-6-10-4-5-11-12(8-10)15-9-14-11/h4-5,8H,3,6-7,9H2,1-2H3. The average molecular weight is 207 g/mol. The molecule has 0 radical (unpaired) electrons. The first kappa shape index (κ1) is 10.3. The van der Waals surface area contributed by atoms with Gasteiger partial charge in [-0.3, -0.25) is 0 Å². The molecule has 1 aromatic carbocycles. The molecule has 1 heterocycles. The third-order valence-corrected chi connectivity index (χ3v) is 2.76. The van der Waals surface area contributed by atoms with Gasteiger partial charge in [0, 0.05) is 6.54 Å². The van der Waals surface area contributed by atoms with Crippen LogP contribution < -0.4 is 9.47 Å². The maximum Gasteiger partial charge on any atom is 0.231 e. The minimum absolute atomic E-state index is 0.355. The Labute approximate surface area is 90.6 Å². The van der Waals surface area contributed by atoms with Gasteiger partial charge in [-0.15, -0.1) is 0 Å². The van der Waals surface area contributed by atoms with Gasteiger partial charge < -0.3 is 14.4 Å². The largest absolute Gasteiger partial charge is 0.454 e. The van der Waals surface area contributed by atoms with Gasteiger partial charge in [0.05, 0.1) is 0 Å². The smallest absolute Gasteiger partial charge is 0.231 e. The van der Waals surface area contributed by atoms with Crippen molar-refractivity contribution >= 4 is 0 Å². The third-order valence-electron chi connectivity index (χ3n) is 2.76. The van der Waals surface area contributed by atoms with Crippen LogP contribution in [0.3, 0.4) is 0 Å². The van der Waals surface area contributed by atoms with Gasteiger partial charge in [-0.1, -0.05) is 13.0 Å². The molecule has 2 rings (SSSR count). The van der Waals surface area contributed by atoms with Crippen molar-refractivity contribution in [3.63, 3.8) is 0 Å². The molecule has 0 aliphatic carbocycles. The van der Waals surface area contributed by atoms with Crippen LogP contribution in [0, 0.1) is 0 Å². The second-order valence-corrected chi connectivity index (χ2v) is 3.83. The van der Waals surface area contributed by atoms with Crippen LogP contribution in [0.15, 0.2) is 18.2 Å². The monoisotopic (exact) mass is 207 g/mol. The van der Waals surface area contributed by atoms with E-state index >= 15 is 0 Å². The lowest BCUT2D eigenvalue weighted by Crippen LogP contribution is -2.20. The summed E-state index contributed by atoms with van der Waals surface area (Å²) in [6.07, 6.45) is 1.06. The van der Waals surface area contributed by atoms with Crippen LogP contribution in [0.5, 0.6) is 11.5 Å². The van der Waals surface area contributed by atoms with Crippen molar-refractivity contribution in [3.8, 4) is 11.5 Å². The molecule has 0 saturated carbocycles. The summed E-state index contributed by atoms with van der Waals surface area (Å²) in [7, 11) is 2.13. The van der Waals surface area contributed by atoms with Crippen molar-refractivity contribution < 1.29 is 9.47 Å². The summed E-state index contributed by atoms with van der Waals surface area (Å²) in [6.45, 7) is 4.69. The van der Waals surface area contributed by atoms with Crippen LogP contribution in [0.4, 0.5) is 0 Å². The number of hydrogen-bond donors (Lipinski definition) is 0. The third kappa shape index (κ3) is 2.42. The van der Waals surface area contributed by atoms with Crippen molar-refractivity contribution in [2.24, 2.45) is 0 Å². The SMILES string of the molecule is CCN(C)CCc1ccc2c(c1)OCO2. The molecule has 1 aromatic rings. The van der Waals surface area contributed by atoms with E-state index in [1.165, 1.54) is 5.56 Å². The maximum atomic E-state index is 5.34. The Kier molecular flexibility index (Phi) is 3.11. The first-order chi connectivity index (χ1) is 7.29.